The number of nitrogens with two attached hydrogens (primary N) is 1. The highest BCUT2D eigenvalue weighted by Crippen LogP contribution is 2.36. The Bertz CT molecular complexity index is 920. The van der Waals surface area contributed by atoms with Gasteiger partial charge < -0.3 is 20.5 Å². The second-order valence-corrected chi connectivity index (χ2v) is 6.55. The Kier molecular flexibility index (Phi) is 5.99. The van der Waals surface area contributed by atoms with Crippen molar-refractivity contribution in [3.8, 4) is 11.5 Å². The highest BCUT2D eigenvalue weighted by molar-refractivity contribution is 5.98. The van der Waals surface area contributed by atoms with Gasteiger partial charge in [-0.2, -0.15) is 0 Å². The van der Waals surface area contributed by atoms with Crippen molar-refractivity contribution in [3.05, 3.63) is 70.9 Å². The van der Waals surface area contributed by atoms with Gasteiger partial charge in [0.05, 0.1) is 6.61 Å². The van der Waals surface area contributed by atoms with Crippen LogP contribution in [-0.4, -0.2) is 18.3 Å². The molecule has 2 aromatic rings. The van der Waals surface area contributed by atoms with E-state index in [2.05, 4.69) is 10.3 Å². The van der Waals surface area contributed by atoms with Crippen molar-refractivity contribution in [1.82, 2.24) is 5.32 Å². The lowest BCUT2D eigenvalue weighted by Gasteiger charge is -2.25. The van der Waals surface area contributed by atoms with Crippen molar-refractivity contribution in [2.45, 2.75) is 33.4 Å². The number of aliphatic imine (C=N–C) groups is 1. The van der Waals surface area contributed by atoms with Crippen LogP contribution in [0.25, 0.3) is 0 Å². The molecular formula is C22H25N3O3. The van der Waals surface area contributed by atoms with Crippen LogP contribution in [0.2, 0.25) is 0 Å². The van der Waals surface area contributed by atoms with Gasteiger partial charge in [-0.3, -0.25) is 4.79 Å². The largest absolute Gasteiger partial charge is 0.490 e. The van der Waals surface area contributed by atoms with Crippen LogP contribution in [0.3, 0.4) is 0 Å². The molecule has 0 fully saturated rings. The number of allylic oxidation sites excluding steroid dienone is 1. The minimum atomic E-state index is -0.471. The molecule has 0 amide bonds. The van der Waals surface area contributed by atoms with Crippen LogP contribution in [0.1, 0.15) is 37.9 Å². The normalized spacial score (nSPS) is 16.2. The van der Waals surface area contributed by atoms with Crippen LogP contribution in [0, 0.1) is 0 Å². The topological polar surface area (TPSA) is 85.9 Å². The molecule has 0 aliphatic carbocycles. The highest BCUT2D eigenvalue weighted by atomic mass is 16.5. The third-order valence-corrected chi connectivity index (χ3v) is 4.46. The minimum absolute atomic E-state index is 0.0476. The number of rotatable bonds is 7. The van der Waals surface area contributed by atoms with Crippen molar-refractivity contribution < 1.29 is 14.3 Å². The van der Waals surface area contributed by atoms with Gasteiger partial charge in [0.2, 0.25) is 0 Å². The Labute approximate surface area is 165 Å². The first-order chi connectivity index (χ1) is 13.5. The smallest absolute Gasteiger partial charge is 0.193 e. The molecule has 3 rings (SSSR count). The van der Waals surface area contributed by atoms with Crippen LogP contribution in [0.5, 0.6) is 11.5 Å². The average Bonchev–Trinajstić information content (AvgIpc) is 2.67. The summed E-state index contributed by atoms with van der Waals surface area (Å²) in [4.78, 5) is 16.6. The van der Waals surface area contributed by atoms with Gasteiger partial charge in [0.1, 0.15) is 12.6 Å². The molecule has 1 aliphatic heterocycles. The monoisotopic (exact) mass is 379 g/mol. The molecule has 0 radical (unpaired) electrons. The number of guanidine groups is 1. The SMILES string of the molecule is CCOc1cc([C@H]2N=C(N)NC(C)=C2C(C)=O)ccc1OCc1ccccc1. The number of ether oxygens (including phenoxy) is 2. The molecular weight excluding hydrogens is 354 g/mol. The van der Waals surface area contributed by atoms with E-state index < -0.39 is 6.04 Å². The van der Waals surface area contributed by atoms with Crippen molar-refractivity contribution in [2.75, 3.05) is 6.61 Å². The van der Waals surface area contributed by atoms with Crippen molar-refractivity contribution >= 4 is 11.7 Å². The summed E-state index contributed by atoms with van der Waals surface area (Å²) in [6.45, 7) is 6.21. The molecule has 3 N–H and O–H groups in total. The number of hydrogen-bond donors (Lipinski definition) is 2. The van der Waals surface area contributed by atoms with Crippen molar-refractivity contribution in [2.24, 2.45) is 10.7 Å². The van der Waals surface area contributed by atoms with Crippen LogP contribution >= 0.6 is 0 Å². The zero-order valence-electron chi connectivity index (χ0n) is 16.4. The van der Waals surface area contributed by atoms with Gasteiger partial charge in [0.15, 0.2) is 23.2 Å². The molecule has 1 aliphatic rings. The highest BCUT2D eigenvalue weighted by Gasteiger charge is 2.27. The number of Topliss-reactive ketones (excluding diaryl/α,β-unsaturated/α-hetero) is 1. The van der Waals surface area contributed by atoms with Crippen LogP contribution in [-0.2, 0) is 11.4 Å². The Morgan fingerprint density at radius 1 is 1.14 bits per heavy atom. The Hall–Kier alpha value is -3.28. The molecule has 0 unspecified atom stereocenters. The lowest BCUT2D eigenvalue weighted by molar-refractivity contribution is -0.114. The quantitative estimate of drug-likeness (QED) is 0.769. The van der Waals surface area contributed by atoms with E-state index in [1.807, 2.05) is 62.4 Å². The number of nitrogens with one attached hydrogen (secondary N) is 1. The zero-order chi connectivity index (χ0) is 20.1. The zero-order valence-corrected chi connectivity index (χ0v) is 16.4. The molecule has 2 aromatic carbocycles. The van der Waals surface area contributed by atoms with Gasteiger partial charge in [-0.1, -0.05) is 36.4 Å². The number of ketones is 1. The fourth-order valence-electron chi connectivity index (χ4n) is 3.22. The van der Waals surface area contributed by atoms with Gasteiger partial charge in [0, 0.05) is 11.3 Å². The van der Waals surface area contributed by atoms with Gasteiger partial charge in [-0.05, 0) is 44.0 Å². The summed E-state index contributed by atoms with van der Waals surface area (Å²) < 4.78 is 11.7. The second-order valence-electron chi connectivity index (χ2n) is 6.55. The maximum atomic E-state index is 12.2. The molecule has 0 saturated heterocycles. The first-order valence-corrected chi connectivity index (χ1v) is 9.25. The van der Waals surface area contributed by atoms with E-state index in [0.29, 0.717) is 36.0 Å². The number of hydrogen-bond acceptors (Lipinski definition) is 6. The predicted molar refractivity (Wildman–Crippen MR) is 109 cm³/mol. The van der Waals surface area contributed by atoms with Crippen LogP contribution in [0.4, 0.5) is 0 Å². The average molecular weight is 379 g/mol. The van der Waals surface area contributed by atoms with Crippen LogP contribution in [0.15, 0.2) is 64.8 Å². The van der Waals surface area contributed by atoms with Gasteiger partial charge >= 0.3 is 0 Å². The number of nitrogens with zero attached hydrogens (tertiary/aromatic N) is 1. The summed E-state index contributed by atoms with van der Waals surface area (Å²) in [6, 6.07) is 15.1. The Morgan fingerprint density at radius 2 is 1.89 bits per heavy atom. The van der Waals surface area contributed by atoms with E-state index >= 15 is 0 Å². The van der Waals surface area contributed by atoms with E-state index in [0.717, 1.165) is 11.1 Å². The molecule has 1 heterocycles. The van der Waals surface area contributed by atoms with E-state index in [9.17, 15) is 4.79 Å². The summed E-state index contributed by atoms with van der Waals surface area (Å²) in [7, 11) is 0. The van der Waals surface area contributed by atoms with E-state index in [4.69, 9.17) is 15.2 Å². The summed E-state index contributed by atoms with van der Waals surface area (Å²) in [5.74, 6) is 1.50. The molecule has 0 spiro atoms. The third-order valence-electron chi connectivity index (χ3n) is 4.46. The third kappa shape index (κ3) is 4.34. The fourth-order valence-corrected chi connectivity index (χ4v) is 3.22. The first kappa shape index (κ1) is 19.5. The van der Waals surface area contributed by atoms with E-state index in [1.165, 1.54) is 6.92 Å². The summed E-state index contributed by atoms with van der Waals surface area (Å²) in [5.41, 5.74) is 9.09. The maximum absolute atomic E-state index is 12.2. The molecule has 0 saturated carbocycles. The maximum Gasteiger partial charge on any atom is 0.193 e. The van der Waals surface area contributed by atoms with Crippen LogP contribution < -0.4 is 20.5 Å². The molecule has 0 bridgehead atoms. The molecule has 6 nitrogen and oxygen atoms in total. The first-order valence-electron chi connectivity index (χ1n) is 9.25. The van der Waals surface area contributed by atoms with Crippen molar-refractivity contribution in [3.63, 3.8) is 0 Å². The van der Waals surface area contributed by atoms with Crippen molar-refractivity contribution in [1.29, 1.82) is 0 Å². The standard InChI is InChI=1S/C22H25N3O3/c1-4-27-19-12-17(21-20(15(3)26)14(2)24-22(23)25-21)10-11-18(19)28-13-16-8-6-5-7-9-16/h5-12,21H,4,13H2,1-3H3,(H3,23,24,25)/t21-/m1/s1. The van der Waals surface area contributed by atoms with Gasteiger partial charge in [-0.25, -0.2) is 4.99 Å². The fraction of sp³-hybridized carbons (Fsp3) is 0.273. The summed E-state index contributed by atoms with van der Waals surface area (Å²) in [6.07, 6.45) is 0. The second kappa shape index (κ2) is 8.61. The lowest BCUT2D eigenvalue weighted by Crippen LogP contribution is -2.36. The number of benzene rings is 2. The summed E-state index contributed by atoms with van der Waals surface area (Å²) >= 11 is 0. The molecule has 0 aromatic heterocycles. The molecule has 28 heavy (non-hydrogen) atoms. The Balaban J connectivity index is 1.91. The summed E-state index contributed by atoms with van der Waals surface area (Å²) in [5, 5.41) is 2.93. The molecule has 1 atom stereocenters. The lowest BCUT2D eigenvalue weighted by atomic mass is 9.93. The van der Waals surface area contributed by atoms with Gasteiger partial charge in [-0.15, -0.1) is 0 Å². The molecule has 6 heteroatoms. The minimum Gasteiger partial charge on any atom is -0.490 e. The van der Waals surface area contributed by atoms with E-state index in [-0.39, 0.29) is 11.7 Å². The van der Waals surface area contributed by atoms with E-state index in [1.54, 1.807) is 0 Å². The number of carbonyl (C=O) groups excluding carboxylic acids is 1. The van der Waals surface area contributed by atoms with Gasteiger partial charge in [0.25, 0.3) is 0 Å². The predicted octanol–water partition coefficient (Wildman–Crippen LogP) is 3.49. The molecule has 146 valence electrons. The number of carbonyl (C=O) groups is 1. The Morgan fingerprint density at radius 3 is 2.57 bits per heavy atom.